The Kier molecular flexibility index (Phi) is 3.16. The summed E-state index contributed by atoms with van der Waals surface area (Å²) in [5.41, 5.74) is 4.39. The van der Waals surface area contributed by atoms with Crippen LogP contribution in [-0.2, 0) is 6.54 Å². The van der Waals surface area contributed by atoms with Crippen LogP contribution in [0.3, 0.4) is 0 Å². The normalized spacial score (nSPS) is 10.8. The van der Waals surface area contributed by atoms with E-state index >= 15 is 0 Å². The van der Waals surface area contributed by atoms with Gasteiger partial charge in [0, 0.05) is 18.3 Å². The van der Waals surface area contributed by atoms with Crippen molar-refractivity contribution in [2.45, 2.75) is 13.0 Å². The lowest BCUT2D eigenvalue weighted by atomic mass is 10.2. The number of halogens is 3. The summed E-state index contributed by atoms with van der Waals surface area (Å²) in [4.78, 5) is 13.6. The van der Waals surface area contributed by atoms with E-state index in [1.54, 1.807) is 0 Å². The molecule has 1 aromatic rings. The molecule has 0 unspecified atom stereocenters. The Morgan fingerprint density at radius 2 is 2.23 bits per heavy atom. The third-order valence-electron chi connectivity index (χ3n) is 1.52. The smallest absolute Gasteiger partial charge is 0.270 e. The van der Waals surface area contributed by atoms with E-state index in [9.17, 15) is 13.6 Å². The van der Waals surface area contributed by atoms with Crippen LogP contribution in [0, 0.1) is 0 Å². The Labute approximate surface area is 81.1 Å². The summed E-state index contributed by atoms with van der Waals surface area (Å²) in [6.07, 6.45) is -2.79. The van der Waals surface area contributed by atoms with Crippen molar-refractivity contribution < 1.29 is 8.78 Å². The highest BCUT2D eigenvalue weighted by atomic mass is 79.9. The van der Waals surface area contributed by atoms with Crippen molar-refractivity contribution in [2.75, 3.05) is 0 Å². The second kappa shape index (κ2) is 3.97. The number of nitrogens with one attached hydrogen (secondary N) is 1. The molecule has 3 nitrogen and oxygen atoms in total. The lowest BCUT2D eigenvalue weighted by molar-refractivity contribution is 0.148. The van der Waals surface area contributed by atoms with Gasteiger partial charge in [-0.1, -0.05) is 0 Å². The van der Waals surface area contributed by atoms with E-state index in [2.05, 4.69) is 20.9 Å². The number of rotatable bonds is 2. The molecular formula is C7H7BrF2N2O. The molecule has 0 bridgehead atoms. The largest absolute Gasteiger partial charge is 0.351 e. The van der Waals surface area contributed by atoms with Crippen molar-refractivity contribution in [1.29, 1.82) is 0 Å². The van der Waals surface area contributed by atoms with E-state index in [4.69, 9.17) is 5.73 Å². The summed E-state index contributed by atoms with van der Waals surface area (Å²) in [7, 11) is 0. The van der Waals surface area contributed by atoms with Gasteiger partial charge in [-0.15, -0.1) is 0 Å². The van der Waals surface area contributed by atoms with Gasteiger partial charge in [0.1, 0.15) is 0 Å². The van der Waals surface area contributed by atoms with Crippen LogP contribution in [0.4, 0.5) is 8.78 Å². The van der Waals surface area contributed by atoms with Crippen LogP contribution in [0.2, 0.25) is 0 Å². The first-order valence-electron chi connectivity index (χ1n) is 3.46. The first-order chi connectivity index (χ1) is 6.06. The SMILES string of the molecule is NCc1cc(=O)c(C(F)F)c(Br)[nH]1. The third kappa shape index (κ3) is 2.13. The molecular weight excluding hydrogens is 246 g/mol. The number of hydrogen-bond donors (Lipinski definition) is 2. The van der Waals surface area contributed by atoms with Crippen LogP contribution >= 0.6 is 15.9 Å². The fourth-order valence-corrected chi connectivity index (χ4v) is 1.52. The van der Waals surface area contributed by atoms with E-state index in [0.29, 0.717) is 5.69 Å². The summed E-state index contributed by atoms with van der Waals surface area (Å²) in [6, 6.07) is 1.08. The van der Waals surface area contributed by atoms with Crippen LogP contribution in [0.15, 0.2) is 15.5 Å². The summed E-state index contributed by atoms with van der Waals surface area (Å²) < 4.78 is 24.5. The zero-order chi connectivity index (χ0) is 10.0. The molecule has 72 valence electrons. The standard InChI is InChI=1S/C7H7BrF2N2O/c8-6-5(7(9)10)4(13)1-3(2-11)12-6/h1,7H,2,11H2,(H,12,13). The summed E-state index contributed by atoms with van der Waals surface area (Å²) >= 11 is 2.85. The molecule has 1 heterocycles. The fourth-order valence-electron chi connectivity index (χ4n) is 0.902. The van der Waals surface area contributed by atoms with Gasteiger partial charge in [-0.05, 0) is 15.9 Å². The van der Waals surface area contributed by atoms with Gasteiger partial charge in [-0.2, -0.15) is 0 Å². The van der Waals surface area contributed by atoms with Gasteiger partial charge < -0.3 is 10.7 Å². The van der Waals surface area contributed by atoms with E-state index in [-0.39, 0.29) is 11.1 Å². The number of pyridine rings is 1. The molecule has 13 heavy (non-hydrogen) atoms. The van der Waals surface area contributed by atoms with E-state index in [0.717, 1.165) is 6.07 Å². The number of nitrogens with two attached hydrogens (primary N) is 1. The monoisotopic (exact) mass is 252 g/mol. The van der Waals surface area contributed by atoms with Crippen molar-refractivity contribution in [1.82, 2.24) is 4.98 Å². The molecule has 0 radical (unpaired) electrons. The van der Waals surface area contributed by atoms with Gasteiger partial charge >= 0.3 is 0 Å². The summed E-state index contributed by atoms with van der Waals surface area (Å²) in [5, 5.41) is 0. The maximum atomic E-state index is 12.2. The van der Waals surface area contributed by atoms with E-state index in [1.807, 2.05) is 0 Å². The molecule has 0 fully saturated rings. The topological polar surface area (TPSA) is 58.9 Å². The molecule has 0 spiro atoms. The average molecular weight is 253 g/mol. The molecule has 1 rings (SSSR count). The third-order valence-corrected chi connectivity index (χ3v) is 2.14. The van der Waals surface area contributed by atoms with Crippen molar-refractivity contribution in [2.24, 2.45) is 5.73 Å². The van der Waals surface area contributed by atoms with Gasteiger partial charge in [0.05, 0.1) is 10.2 Å². The molecule has 0 amide bonds. The molecule has 3 N–H and O–H groups in total. The Balaban J connectivity index is 3.32. The van der Waals surface area contributed by atoms with Gasteiger partial charge in [0.15, 0.2) is 5.43 Å². The molecule has 0 aliphatic heterocycles. The molecule has 0 atom stereocenters. The molecule has 0 aromatic carbocycles. The highest BCUT2D eigenvalue weighted by Gasteiger charge is 2.16. The Bertz CT molecular complexity index is 364. The maximum absolute atomic E-state index is 12.2. The van der Waals surface area contributed by atoms with Gasteiger partial charge in [-0.3, -0.25) is 4.79 Å². The molecule has 0 saturated heterocycles. The second-order valence-corrected chi connectivity index (χ2v) is 3.18. The number of H-pyrrole nitrogens is 1. The van der Waals surface area contributed by atoms with Gasteiger partial charge in [0.2, 0.25) is 0 Å². The Hall–Kier alpha value is -0.750. The van der Waals surface area contributed by atoms with Crippen LogP contribution < -0.4 is 11.2 Å². The molecule has 1 aromatic heterocycles. The quantitative estimate of drug-likeness (QED) is 0.785. The zero-order valence-corrected chi connectivity index (χ0v) is 8.07. The fraction of sp³-hybridized carbons (Fsp3) is 0.286. The minimum absolute atomic E-state index is 0.00421. The minimum atomic E-state index is -2.79. The summed E-state index contributed by atoms with van der Waals surface area (Å²) in [6.45, 7) is 0.108. The number of aromatic nitrogens is 1. The number of aromatic amines is 1. The van der Waals surface area contributed by atoms with Crippen LogP contribution in [0.5, 0.6) is 0 Å². The lowest BCUT2D eigenvalue weighted by Crippen LogP contribution is -2.14. The predicted octanol–water partition coefficient (Wildman–Crippen LogP) is 1.53. The number of alkyl halides is 2. The van der Waals surface area contributed by atoms with Crippen molar-refractivity contribution in [3.8, 4) is 0 Å². The van der Waals surface area contributed by atoms with Crippen LogP contribution in [0.1, 0.15) is 17.7 Å². The second-order valence-electron chi connectivity index (χ2n) is 2.39. The highest BCUT2D eigenvalue weighted by molar-refractivity contribution is 9.10. The van der Waals surface area contributed by atoms with Crippen molar-refractivity contribution in [3.63, 3.8) is 0 Å². The molecule has 0 aliphatic rings. The van der Waals surface area contributed by atoms with Crippen molar-refractivity contribution in [3.05, 3.63) is 32.2 Å². The predicted molar refractivity (Wildman–Crippen MR) is 47.6 cm³/mol. The Morgan fingerprint density at radius 1 is 1.62 bits per heavy atom. The first kappa shape index (κ1) is 10.3. The van der Waals surface area contributed by atoms with Crippen LogP contribution in [-0.4, -0.2) is 4.98 Å². The molecule has 6 heteroatoms. The van der Waals surface area contributed by atoms with Gasteiger partial charge in [-0.25, -0.2) is 8.78 Å². The van der Waals surface area contributed by atoms with Crippen molar-refractivity contribution >= 4 is 15.9 Å². The average Bonchev–Trinajstić information content (AvgIpc) is 2.02. The molecule has 0 aliphatic carbocycles. The minimum Gasteiger partial charge on any atom is -0.351 e. The van der Waals surface area contributed by atoms with Crippen LogP contribution in [0.25, 0.3) is 0 Å². The maximum Gasteiger partial charge on any atom is 0.270 e. The lowest BCUT2D eigenvalue weighted by Gasteiger charge is -2.04. The molecule has 0 saturated carbocycles. The Morgan fingerprint density at radius 3 is 2.62 bits per heavy atom. The van der Waals surface area contributed by atoms with E-state index in [1.165, 1.54) is 0 Å². The summed E-state index contributed by atoms with van der Waals surface area (Å²) in [5.74, 6) is 0. The highest BCUT2D eigenvalue weighted by Crippen LogP contribution is 2.22. The number of hydrogen-bond acceptors (Lipinski definition) is 2. The van der Waals surface area contributed by atoms with Gasteiger partial charge in [0.25, 0.3) is 6.43 Å². The first-order valence-corrected chi connectivity index (χ1v) is 4.25. The van der Waals surface area contributed by atoms with E-state index < -0.39 is 17.4 Å². The zero-order valence-electron chi connectivity index (χ0n) is 6.48.